The maximum Gasteiger partial charge on any atom is 0.277 e. The van der Waals surface area contributed by atoms with Crippen molar-refractivity contribution >= 4 is 12.1 Å². The summed E-state index contributed by atoms with van der Waals surface area (Å²) in [5.41, 5.74) is 6.82. The van der Waals surface area contributed by atoms with Crippen LogP contribution in [0.5, 0.6) is 5.75 Å². The second-order valence-electron chi connectivity index (χ2n) is 5.88. The second-order valence-corrected chi connectivity index (χ2v) is 5.88. The maximum absolute atomic E-state index is 11.8. The van der Waals surface area contributed by atoms with Gasteiger partial charge >= 0.3 is 0 Å². The number of aryl methyl sites for hydroxylation is 1. The van der Waals surface area contributed by atoms with E-state index in [1.54, 1.807) is 6.21 Å². The number of hydrogen-bond donors (Lipinski definition) is 1. The third kappa shape index (κ3) is 5.05. The van der Waals surface area contributed by atoms with E-state index in [0.717, 1.165) is 22.3 Å². The Hall–Kier alpha value is -3.40. The van der Waals surface area contributed by atoms with E-state index >= 15 is 0 Å². The first-order valence-corrected chi connectivity index (χ1v) is 8.37. The minimum absolute atomic E-state index is 0.0760. The molecule has 0 bridgehead atoms. The second kappa shape index (κ2) is 8.62. The molecule has 4 nitrogen and oxygen atoms in total. The fourth-order valence-corrected chi connectivity index (χ4v) is 2.39. The van der Waals surface area contributed by atoms with Crippen LogP contribution in [-0.4, -0.2) is 18.7 Å². The molecule has 130 valence electrons. The summed E-state index contributed by atoms with van der Waals surface area (Å²) in [5.74, 6) is 0.356. The Bertz CT molecular complexity index is 870. The maximum atomic E-state index is 11.8. The number of carbonyl (C=O) groups is 1. The van der Waals surface area contributed by atoms with E-state index in [0.29, 0.717) is 5.75 Å². The van der Waals surface area contributed by atoms with Crippen molar-refractivity contribution in [1.82, 2.24) is 5.43 Å². The van der Waals surface area contributed by atoms with Crippen molar-refractivity contribution in [3.8, 4) is 16.9 Å². The van der Waals surface area contributed by atoms with E-state index in [-0.39, 0.29) is 12.5 Å². The largest absolute Gasteiger partial charge is 0.484 e. The summed E-state index contributed by atoms with van der Waals surface area (Å²) in [6.45, 7) is 1.92. The quantitative estimate of drug-likeness (QED) is 0.538. The number of hydrazone groups is 1. The van der Waals surface area contributed by atoms with Gasteiger partial charge in [-0.1, -0.05) is 72.3 Å². The van der Waals surface area contributed by atoms with Crippen LogP contribution in [0.4, 0.5) is 0 Å². The Kier molecular flexibility index (Phi) is 5.78. The molecule has 1 N–H and O–H groups in total. The lowest BCUT2D eigenvalue weighted by atomic mass is 10.0. The van der Waals surface area contributed by atoms with Crippen LogP contribution in [0.25, 0.3) is 11.1 Å². The van der Waals surface area contributed by atoms with Crippen molar-refractivity contribution in [3.05, 3.63) is 90.0 Å². The van der Waals surface area contributed by atoms with Gasteiger partial charge in [-0.25, -0.2) is 5.43 Å². The molecule has 3 rings (SSSR count). The van der Waals surface area contributed by atoms with Crippen molar-refractivity contribution in [3.63, 3.8) is 0 Å². The number of nitrogens with zero attached hydrogens (tertiary/aromatic N) is 1. The van der Waals surface area contributed by atoms with Crippen molar-refractivity contribution < 1.29 is 9.53 Å². The van der Waals surface area contributed by atoms with E-state index in [9.17, 15) is 4.79 Å². The minimum Gasteiger partial charge on any atom is -0.484 e. The van der Waals surface area contributed by atoms with Gasteiger partial charge in [-0.3, -0.25) is 4.79 Å². The van der Waals surface area contributed by atoms with E-state index in [2.05, 4.69) is 22.7 Å². The fraction of sp³-hybridized carbons (Fsp3) is 0.0909. The van der Waals surface area contributed by atoms with Gasteiger partial charge in [-0.15, -0.1) is 0 Å². The third-order valence-corrected chi connectivity index (χ3v) is 3.81. The van der Waals surface area contributed by atoms with Crippen LogP contribution >= 0.6 is 0 Å². The summed E-state index contributed by atoms with van der Waals surface area (Å²) in [6.07, 6.45) is 1.61. The Morgan fingerprint density at radius 2 is 1.58 bits per heavy atom. The first-order valence-electron chi connectivity index (χ1n) is 8.37. The van der Waals surface area contributed by atoms with Gasteiger partial charge in [0.25, 0.3) is 5.91 Å². The zero-order valence-electron chi connectivity index (χ0n) is 14.6. The number of hydrogen-bond acceptors (Lipinski definition) is 3. The molecule has 0 radical (unpaired) electrons. The molecule has 0 spiro atoms. The van der Waals surface area contributed by atoms with Crippen molar-refractivity contribution in [2.45, 2.75) is 6.92 Å². The monoisotopic (exact) mass is 344 g/mol. The molecular weight excluding hydrogens is 324 g/mol. The highest BCUT2D eigenvalue weighted by molar-refractivity contribution is 5.83. The van der Waals surface area contributed by atoms with Gasteiger partial charge in [-0.05, 0) is 35.7 Å². The van der Waals surface area contributed by atoms with Crippen LogP contribution in [0.2, 0.25) is 0 Å². The van der Waals surface area contributed by atoms with Gasteiger partial charge in [-0.2, -0.15) is 5.10 Å². The van der Waals surface area contributed by atoms with Crippen LogP contribution in [0.15, 0.2) is 84.0 Å². The average Bonchev–Trinajstić information content (AvgIpc) is 2.69. The molecule has 0 aliphatic rings. The molecular formula is C22H20N2O2. The number of amides is 1. The van der Waals surface area contributed by atoms with Gasteiger partial charge in [0.15, 0.2) is 6.61 Å². The Morgan fingerprint density at radius 3 is 2.27 bits per heavy atom. The molecule has 0 atom stereocenters. The Morgan fingerprint density at radius 1 is 0.923 bits per heavy atom. The molecule has 26 heavy (non-hydrogen) atoms. The summed E-state index contributed by atoms with van der Waals surface area (Å²) in [6, 6.07) is 25.7. The molecule has 0 saturated heterocycles. The number of benzene rings is 3. The SMILES string of the molecule is Cc1ccc(OCC(=O)N/N=C/c2ccc(-c3ccccc3)cc2)cc1. The molecule has 3 aromatic rings. The summed E-state index contributed by atoms with van der Waals surface area (Å²) >= 11 is 0. The molecule has 0 aliphatic carbocycles. The zero-order chi connectivity index (χ0) is 18.2. The Labute approximate surface area is 153 Å². The van der Waals surface area contributed by atoms with Crippen LogP contribution in [0.1, 0.15) is 11.1 Å². The Balaban J connectivity index is 1.48. The van der Waals surface area contributed by atoms with Gasteiger partial charge < -0.3 is 4.74 Å². The van der Waals surface area contributed by atoms with Crippen LogP contribution in [0.3, 0.4) is 0 Å². The molecule has 0 aliphatic heterocycles. The van der Waals surface area contributed by atoms with Crippen molar-refractivity contribution in [1.29, 1.82) is 0 Å². The molecule has 0 heterocycles. The molecule has 0 saturated carbocycles. The van der Waals surface area contributed by atoms with Crippen LogP contribution in [-0.2, 0) is 4.79 Å². The van der Waals surface area contributed by atoms with Crippen molar-refractivity contribution in [2.75, 3.05) is 6.61 Å². The predicted octanol–water partition coefficient (Wildman–Crippen LogP) is 4.19. The smallest absolute Gasteiger partial charge is 0.277 e. The first kappa shape index (κ1) is 17.4. The standard InChI is InChI=1S/C22H20N2O2/c1-17-7-13-21(14-8-17)26-16-22(25)24-23-15-18-9-11-20(12-10-18)19-5-3-2-4-6-19/h2-15H,16H2,1H3,(H,24,25)/b23-15+. The number of carbonyl (C=O) groups excluding carboxylic acids is 1. The number of nitrogens with one attached hydrogen (secondary N) is 1. The summed E-state index contributed by atoms with van der Waals surface area (Å²) in [5, 5.41) is 3.97. The van der Waals surface area contributed by atoms with E-state index in [1.807, 2.05) is 73.7 Å². The molecule has 0 aromatic heterocycles. The number of ether oxygens (including phenoxy) is 1. The highest BCUT2D eigenvalue weighted by atomic mass is 16.5. The highest BCUT2D eigenvalue weighted by Crippen LogP contribution is 2.18. The lowest BCUT2D eigenvalue weighted by Crippen LogP contribution is -2.24. The van der Waals surface area contributed by atoms with Gasteiger partial charge in [0.05, 0.1) is 6.21 Å². The van der Waals surface area contributed by atoms with Crippen LogP contribution in [0, 0.1) is 6.92 Å². The third-order valence-electron chi connectivity index (χ3n) is 3.81. The molecule has 0 unspecified atom stereocenters. The topological polar surface area (TPSA) is 50.7 Å². The molecule has 3 aromatic carbocycles. The molecule has 0 fully saturated rings. The predicted molar refractivity (Wildman–Crippen MR) is 104 cm³/mol. The van der Waals surface area contributed by atoms with Crippen LogP contribution < -0.4 is 10.2 Å². The van der Waals surface area contributed by atoms with Crippen molar-refractivity contribution in [2.24, 2.45) is 5.10 Å². The fourth-order valence-electron chi connectivity index (χ4n) is 2.39. The van der Waals surface area contributed by atoms with Gasteiger partial charge in [0.1, 0.15) is 5.75 Å². The summed E-state index contributed by atoms with van der Waals surface area (Å²) in [4.78, 5) is 11.8. The van der Waals surface area contributed by atoms with E-state index in [1.165, 1.54) is 0 Å². The normalized spacial score (nSPS) is 10.7. The van der Waals surface area contributed by atoms with Gasteiger partial charge in [0.2, 0.25) is 0 Å². The lowest BCUT2D eigenvalue weighted by Gasteiger charge is -2.05. The first-order chi connectivity index (χ1) is 12.7. The minimum atomic E-state index is -0.303. The summed E-state index contributed by atoms with van der Waals surface area (Å²) < 4.78 is 5.40. The highest BCUT2D eigenvalue weighted by Gasteiger charge is 2.01. The van der Waals surface area contributed by atoms with E-state index in [4.69, 9.17) is 4.74 Å². The summed E-state index contributed by atoms with van der Waals surface area (Å²) in [7, 11) is 0. The number of rotatable bonds is 6. The average molecular weight is 344 g/mol. The molecule has 1 amide bonds. The van der Waals surface area contributed by atoms with E-state index < -0.39 is 0 Å². The molecule has 4 heteroatoms. The zero-order valence-corrected chi connectivity index (χ0v) is 14.6. The van der Waals surface area contributed by atoms with Gasteiger partial charge in [0, 0.05) is 0 Å². The lowest BCUT2D eigenvalue weighted by molar-refractivity contribution is -0.123.